The number of carbonyl (C=O) groups is 1. The van der Waals surface area contributed by atoms with Gasteiger partial charge in [-0.3, -0.25) is 9.78 Å². The molecular formula is C15H15ClN2O2. The number of phenolic OH excluding ortho intramolecular Hbond substituents is 1. The molecule has 0 aliphatic rings. The lowest BCUT2D eigenvalue weighted by atomic mass is 10.1. The Morgan fingerprint density at radius 2 is 2.00 bits per heavy atom. The monoisotopic (exact) mass is 290 g/mol. The van der Waals surface area contributed by atoms with E-state index in [2.05, 4.69) is 10.3 Å². The number of rotatable bonds is 2. The Morgan fingerprint density at radius 1 is 1.30 bits per heavy atom. The lowest BCUT2D eigenvalue weighted by molar-refractivity contribution is 0.102. The summed E-state index contributed by atoms with van der Waals surface area (Å²) in [4.78, 5) is 16.2. The number of aromatic hydroxyl groups is 1. The van der Waals surface area contributed by atoms with Crippen molar-refractivity contribution in [3.05, 3.63) is 51.8 Å². The Labute approximate surface area is 122 Å². The number of nitrogens with one attached hydrogen (secondary N) is 1. The highest BCUT2D eigenvalue weighted by Gasteiger charge is 2.14. The smallest absolute Gasteiger partial charge is 0.258 e. The van der Waals surface area contributed by atoms with E-state index in [0.717, 1.165) is 11.3 Å². The molecule has 104 valence electrons. The van der Waals surface area contributed by atoms with Crippen LogP contribution in [-0.2, 0) is 0 Å². The molecule has 0 saturated heterocycles. The van der Waals surface area contributed by atoms with Gasteiger partial charge in [-0.25, -0.2) is 0 Å². The molecule has 0 atom stereocenters. The maximum atomic E-state index is 12.2. The van der Waals surface area contributed by atoms with Crippen LogP contribution in [0.3, 0.4) is 0 Å². The van der Waals surface area contributed by atoms with Gasteiger partial charge in [0, 0.05) is 23.1 Å². The lowest BCUT2D eigenvalue weighted by Gasteiger charge is -2.12. The molecule has 0 unspecified atom stereocenters. The van der Waals surface area contributed by atoms with E-state index in [1.54, 1.807) is 39.0 Å². The summed E-state index contributed by atoms with van der Waals surface area (Å²) in [5.74, 6) is -0.176. The van der Waals surface area contributed by atoms with Crippen LogP contribution in [0.4, 0.5) is 5.69 Å². The average molecular weight is 291 g/mol. The SMILES string of the molecule is Cc1cc(Cl)c(C(=O)Nc2ccc(C)c(O)c2C)cn1. The number of aromatic nitrogens is 1. The van der Waals surface area contributed by atoms with E-state index in [-0.39, 0.29) is 11.7 Å². The Hall–Kier alpha value is -2.07. The van der Waals surface area contributed by atoms with Crippen LogP contribution in [0.1, 0.15) is 27.2 Å². The van der Waals surface area contributed by atoms with Gasteiger partial charge in [0.2, 0.25) is 0 Å². The van der Waals surface area contributed by atoms with Crippen LogP contribution in [0.25, 0.3) is 0 Å². The predicted molar refractivity (Wildman–Crippen MR) is 79.5 cm³/mol. The Kier molecular flexibility index (Phi) is 3.95. The van der Waals surface area contributed by atoms with Crippen LogP contribution in [0.5, 0.6) is 5.75 Å². The van der Waals surface area contributed by atoms with Crippen LogP contribution in [-0.4, -0.2) is 16.0 Å². The summed E-state index contributed by atoms with van der Waals surface area (Å²) in [6.45, 7) is 5.34. The second-order valence-corrected chi connectivity index (χ2v) is 5.07. The summed E-state index contributed by atoms with van der Waals surface area (Å²) in [7, 11) is 0. The molecule has 0 spiro atoms. The van der Waals surface area contributed by atoms with E-state index in [9.17, 15) is 9.90 Å². The van der Waals surface area contributed by atoms with Gasteiger partial charge in [0.25, 0.3) is 5.91 Å². The largest absolute Gasteiger partial charge is 0.507 e. The van der Waals surface area contributed by atoms with Gasteiger partial charge in [-0.2, -0.15) is 0 Å². The number of benzene rings is 1. The summed E-state index contributed by atoms with van der Waals surface area (Å²) in [6.07, 6.45) is 1.44. The van der Waals surface area contributed by atoms with Gasteiger partial charge in [-0.1, -0.05) is 17.7 Å². The molecule has 4 nitrogen and oxygen atoms in total. The maximum Gasteiger partial charge on any atom is 0.258 e. The highest BCUT2D eigenvalue weighted by atomic mass is 35.5. The first-order valence-electron chi connectivity index (χ1n) is 6.13. The second-order valence-electron chi connectivity index (χ2n) is 4.66. The van der Waals surface area contributed by atoms with Crippen LogP contribution in [0, 0.1) is 20.8 Å². The minimum atomic E-state index is -0.353. The van der Waals surface area contributed by atoms with E-state index >= 15 is 0 Å². The summed E-state index contributed by atoms with van der Waals surface area (Å²) in [5, 5.41) is 13.0. The van der Waals surface area contributed by atoms with Gasteiger partial charge in [0.15, 0.2) is 0 Å². The Balaban J connectivity index is 2.30. The van der Waals surface area contributed by atoms with E-state index in [1.807, 2.05) is 0 Å². The molecule has 20 heavy (non-hydrogen) atoms. The van der Waals surface area contributed by atoms with Crippen molar-refractivity contribution in [2.45, 2.75) is 20.8 Å². The van der Waals surface area contributed by atoms with Crippen LogP contribution in [0.15, 0.2) is 24.4 Å². The van der Waals surface area contributed by atoms with E-state index in [4.69, 9.17) is 11.6 Å². The number of phenols is 1. The Morgan fingerprint density at radius 3 is 2.65 bits per heavy atom. The molecule has 2 N–H and O–H groups in total. The molecule has 2 rings (SSSR count). The standard InChI is InChI=1S/C15H15ClN2O2/c1-8-4-5-13(10(3)14(8)19)18-15(20)11-7-17-9(2)6-12(11)16/h4-7,19H,1-3H3,(H,18,20). The predicted octanol–water partition coefficient (Wildman–Crippen LogP) is 3.62. The second kappa shape index (κ2) is 5.51. The molecule has 1 aromatic carbocycles. The van der Waals surface area contributed by atoms with E-state index in [1.165, 1.54) is 6.20 Å². The van der Waals surface area contributed by atoms with Crippen molar-refractivity contribution in [1.29, 1.82) is 0 Å². The van der Waals surface area contributed by atoms with Crippen molar-refractivity contribution >= 4 is 23.2 Å². The van der Waals surface area contributed by atoms with Gasteiger partial charge >= 0.3 is 0 Å². The fourth-order valence-electron chi connectivity index (χ4n) is 1.85. The number of halogens is 1. The molecule has 0 radical (unpaired) electrons. The van der Waals surface area contributed by atoms with Crippen LogP contribution in [0.2, 0.25) is 5.02 Å². The molecule has 0 aliphatic heterocycles. The van der Waals surface area contributed by atoms with Crippen molar-refractivity contribution < 1.29 is 9.90 Å². The van der Waals surface area contributed by atoms with Gasteiger partial charge < -0.3 is 10.4 Å². The first kappa shape index (κ1) is 14.3. The zero-order chi connectivity index (χ0) is 14.9. The third-order valence-corrected chi connectivity index (χ3v) is 3.43. The average Bonchev–Trinajstić information content (AvgIpc) is 2.39. The van der Waals surface area contributed by atoms with Gasteiger partial charge in [0.05, 0.1) is 10.6 Å². The minimum absolute atomic E-state index is 0.177. The maximum absolute atomic E-state index is 12.2. The zero-order valence-electron chi connectivity index (χ0n) is 11.5. The number of carbonyl (C=O) groups excluding carboxylic acids is 1. The summed E-state index contributed by atoms with van der Waals surface area (Å²) in [6, 6.07) is 5.13. The van der Waals surface area contributed by atoms with Gasteiger partial charge in [0.1, 0.15) is 5.75 Å². The quantitative estimate of drug-likeness (QED) is 0.888. The molecule has 0 bridgehead atoms. The number of nitrogens with zero attached hydrogens (tertiary/aromatic N) is 1. The van der Waals surface area contributed by atoms with E-state index in [0.29, 0.717) is 21.8 Å². The molecule has 1 aromatic heterocycles. The molecule has 0 saturated carbocycles. The number of amides is 1. The Bertz CT molecular complexity index is 684. The van der Waals surface area contributed by atoms with Crippen molar-refractivity contribution in [3.63, 3.8) is 0 Å². The van der Waals surface area contributed by atoms with Crippen LogP contribution < -0.4 is 5.32 Å². The summed E-state index contributed by atoms with van der Waals surface area (Å²) >= 11 is 6.04. The number of hydrogen-bond acceptors (Lipinski definition) is 3. The van der Waals surface area contributed by atoms with Gasteiger partial charge in [-0.15, -0.1) is 0 Å². The first-order valence-corrected chi connectivity index (χ1v) is 6.50. The first-order chi connectivity index (χ1) is 9.40. The summed E-state index contributed by atoms with van der Waals surface area (Å²) in [5.41, 5.74) is 2.98. The lowest BCUT2D eigenvalue weighted by Crippen LogP contribution is -2.14. The van der Waals surface area contributed by atoms with Crippen molar-refractivity contribution in [2.75, 3.05) is 5.32 Å². The molecule has 1 heterocycles. The summed E-state index contributed by atoms with van der Waals surface area (Å²) < 4.78 is 0. The van der Waals surface area contributed by atoms with Crippen molar-refractivity contribution in [1.82, 2.24) is 4.98 Å². The molecule has 1 amide bonds. The zero-order valence-corrected chi connectivity index (χ0v) is 12.2. The minimum Gasteiger partial charge on any atom is -0.507 e. The molecular weight excluding hydrogens is 276 g/mol. The topological polar surface area (TPSA) is 62.2 Å². The highest BCUT2D eigenvalue weighted by molar-refractivity contribution is 6.34. The van der Waals surface area contributed by atoms with Gasteiger partial charge in [-0.05, 0) is 38.5 Å². The number of aryl methyl sites for hydroxylation is 2. The third-order valence-electron chi connectivity index (χ3n) is 3.12. The molecule has 0 fully saturated rings. The normalized spacial score (nSPS) is 10.4. The van der Waals surface area contributed by atoms with Crippen molar-refractivity contribution in [2.24, 2.45) is 0 Å². The molecule has 2 aromatic rings. The van der Waals surface area contributed by atoms with Crippen LogP contribution >= 0.6 is 11.6 Å². The molecule has 5 heteroatoms. The number of anilines is 1. The third kappa shape index (κ3) is 2.75. The fraction of sp³-hybridized carbons (Fsp3) is 0.200. The number of hydrogen-bond donors (Lipinski definition) is 2. The molecule has 0 aliphatic carbocycles. The number of pyridine rings is 1. The highest BCUT2D eigenvalue weighted by Crippen LogP contribution is 2.28. The van der Waals surface area contributed by atoms with E-state index < -0.39 is 0 Å². The van der Waals surface area contributed by atoms with Crippen molar-refractivity contribution in [3.8, 4) is 5.75 Å². The fourth-order valence-corrected chi connectivity index (χ4v) is 2.15.